The first-order chi connectivity index (χ1) is 10.6. The van der Waals surface area contributed by atoms with Gasteiger partial charge in [0, 0.05) is 16.6 Å². The Bertz CT molecular complexity index is 583. The molecule has 3 heteroatoms. The van der Waals surface area contributed by atoms with Gasteiger partial charge in [-0.15, -0.1) is 11.8 Å². The van der Waals surface area contributed by atoms with Crippen molar-refractivity contribution in [3.63, 3.8) is 0 Å². The molecular weight excluding hydrogens is 290 g/mol. The minimum absolute atomic E-state index is 0.270. The molecule has 2 nitrogen and oxygen atoms in total. The molecule has 118 valence electrons. The van der Waals surface area contributed by atoms with Crippen LogP contribution in [0.5, 0.6) is 0 Å². The van der Waals surface area contributed by atoms with Gasteiger partial charge in [0.1, 0.15) is 0 Å². The molecule has 0 saturated heterocycles. The second kappa shape index (κ2) is 8.25. The van der Waals surface area contributed by atoms with E-state index in [1.807, 2.05) is 0 Å². The van der Waals surface area contributed by atoms with Crippen LogP contribution in [-0.4, -0.2) is 25.0 Å². The van der Waals surface area contributed by atoms with Crippen LogP contribution >= 0.6 is 11.8 Å². The van der Waals surface area contributed by atoms with E-state index in [4.69, 9.17) is 4.74 Å². The molecule has 0 spiro atoms. The topological polar surface area (TPSA) is 21.3 Å². The van der Waals surface area contributed by atoms with E-state index < -0.39 is 0 Å². The van der Waals surface area contributed by atoms with Crippen molar-refractivity contribution in [2.24, 2.45) is 0 Å². The first-order valence-corrected chi connectivity index (χ1v) is 8.94. The highest BCUT2D eigenvalue weighted by Crippen LogP contribution is 2.32. The summed E-state index contributed by atoms with van der Waals surface area (Å²) in [5, 5.41) is 3.51. The summed E-state index contributed by atoms with van der Waals surface area (Å²) in [5.41, 5.74) is 3.68. The summed E-state index contributed by atoms with van der Waals surface area (Å²) in [6, 6.07) is 17.4. The van der Waals surface area contributed by atoms with Crippen molar-refractivity contribution in [2.75, 3.05) is 18.2 Å². The van der Waals surface area contributed by atoms with E-state index in [-0.39, 0.29) is 6.10 Å². The molecule has 1 N–H and O–H groups in total. The van der Waals surface area contributed by atoms with Crippen LogP contribution in [-0.2, 0) is 4.74 Å². The zero-order valence-corrected chi connectivity index (χ0v) is 14.6. The summed E-state index contributed by atoms with van der Waals surface area (Å²) >= 11 is 1.78. The Morgan fingerprint density at radius 1 is 1.05 bits per heavy atom. The third-order valence-corrected chi connectivity index (χ3v) is 4.16. The minimum atomic E-state index is 0.270. The van der Waals surface area contributed by atoms with Gasteiger partial charge in [0.15, 0.2) is 0 Å². The summed E-state index contributed by atoms with van der Waals surface area (Å²) in [5.74, 6) is 0. The minimum Gasteiger partial charge on any atom is -0.380 e. The van der Waals surface area contributed by atoms with E-state index in [1.54, 1.807) is 11.8 Å². The summed E-state index contributed by atoms with van der Waals surface area (Å²) in [6.07, 6.45) is 2.39. The maximum absolute atomic E-state index is 5.66. The number of ether oxygens (including phenoxy) is 1. The highest BCUT2D eigenvalue weighted by molar-refractivity contribution is 7.98. The van der Waals surface area contributed by atoms with Crippen LogP contribution in [0.3, 0.4) is 0 Å². The van der Waals surface area contributed by atoms with Crippen LogP contribution in [0.1, 0.15) is 20.8 Å². The van der Waals surface area contributed by atoms with Crippen molar-refractivity contribution in [1.29, 1.82) is 0 Å². The fourth-order valence-corrected chi connectivity index (χ4v) is 2.95. The van der Waals surface area contributed by atoms with E-state index in [2.05, 4.69) is 80.9 Å². The number of benzene rings is 2. The van der Waals surface area contributed by atoms with Crippen LogP contribution in [0.15, 0.2) is 53.4 Å². The van der Waals surface area contributed by atoms with E-state index in [1.165, 1.54) is 16.0 Å². The van der Waals surface area contributed by atoms with Crippen LogP contribution in [0.2, 0.25) is 0 Å². The maximum Gasteiger partial charge on any atom is 0.0668 e. The molecule has 1 unspecified atom stereocenters. The number of hydrogen-bond donors (Lipinski definition) is 1. The molecule has 0 fully saturated rings. The summed E-state index contributed by atoms with van der Waals surface area (Å²) in [6.45, 7) is 6.99. The number of anilines is 1. The largest absolute Gasteiger partial charge is 0.380 e. The molecule has 0 bridgehead atoms. The molecule has 0 aliphatic rings. The van der Waals surface area contributed by atoms with Gasteiger partial charge in [0.05, 0.1) is 12.7 Å². The highest BCUT2D eigenvalue weighted by atomic mass is 32.2. The summed E-state index contributed by atoms with van der Waals surface area (Å²) in [4.78, 5) is 1.29. The molecule has 0 radical (unpaired) electrons. The second-order valence-corrected chi connectivity index (χ2v) is 6.56. The van der Waals surface area contributed by atoms with Crippen molar-refractivity contribution in [1.82, 2.24) is 0 Å². The van der Waals surface area contributed by atoms with Crippen molar-refractivity contribution >= 4 is 17.4 Å². The van der Waals surface area contributed by atoms with Gasteiger partial charge < -0.3 is 10.1 Å². The molecule has 2 rings (SSSR count). The Morgan fingerprint density at radius 2 is 1.77 bits per heavy atom. The van der Waals surface area contributed by atoms with Crippen molar-refractivity contribution in [3.8, 4) is 11.1 Å². The van der Waals surface area contributed by atoms with Gasteiger partial charge in [-0.1, -0.05) is 36.4 Å². The van der Waals surface area contributed by atoms with Crippen molar-refractivity contribution in [3.05, 3.63) is 48.5 Å². The predicted molar refractivity (Wildman–Crippen MR) is 97.8 cm³/mol. The number of nitrogens with one attached hydrogen (secondary N) is 1. The van der Waals surface area contributed by atoms with Crippen LogP contribution in [0.4, 0.5) is 5.69 Å². The molecule has 1 atom stereocenters. The third kappa shape index (κ3) is 4.79. The van der Waals surface area contributed by atoms with Crippen LogP contribution < -0.4 is 5.32 Å². The normalized spacial score (nSPS) is 12.4. The third-order valence-electron chi connectivity index (χ3n) is 3.38. The molecule has 2 aromatic carbocycles. The maximum atomic E-state index is 5.66. The number of rotatable bonds is 7. The predicted octanol–water partition coefficient (Wildman–Crippen LogP) is 5.30. The summed E-state index contributed by atoms with van der Waals surface area (Å²) in [7, 11) is 0. The highest BCUT2D eigenvalue weighted by Gasteiger charge is 2.08. The molecule has 0 amide bonds. The van der Waals surface area contributed by atoms with Gasteiger partial charge in [0.2, 0.25) is 0 Å². The van der Waals surface area contributed by atoms with Gasteiger partial charge in [-0.25, -0.2) is 0 Å². The molecule has 0 heterocycles. The average molecular weight is 315 g/mol. The van der Waals surface area contributed by atoms with E-state index in [0.717, 1.165) is 5.69 Å². The lowest BCUT2D eigenvalue weighted by atomic mass is 10.1. The van der Waals surface area contributed by atoms with Gasteiger partial charge in [-0.05, 0) is 50.3 Å². The second-order valence-electron chi connectivity index (χ2n) is 5.71. The molecule has 2 aromatic rings. The lowest BCUT2D eigenvalue weighted by molar-refractivity contribution is 0.0743. The summed E-state index contributed by atoms with van der Waals surface area (Å²) < 4.78 is 5.66. The quantitative estimate of drug-likeness (QED) is 0.700. The first kappa shape index (κ1) is 16.9. The monoisotopic (exact) mass is 315 g/mol. The molecule has 0 aromatic heterocycles. The van der Waals surface area contributed by atoms with Gasteiger partial charge in [-0.2, -0.15) is 0 Å². The zero-order valence-electron chi connectivity index (χ0n) is 13.8. The van der Waals surface area contributed by atoms with Gasteiger partial charge in [-0.3, -0.25) is 0 Å². The lowest BCUT2D eigenvalue weighted by Gasteiger charge is -2.18. The smallest absolute Gasteiger partial charge is 0.0668 e. The molecule has 0 aliphatic heterocycles. The molecule has 0 aliphatic carbocycles. The fraction of sp³-hybridized carbons (Fsp3) is 0.368. The average Bonchev–Trinajstić information content (AvgIpc) is 2.53. The van der Waals surface area contributed by atoms with E-state index in [9.17, 15) is 0 Å². The standard InChI is InChI=1S/C19H25NOS/c1-14(2)21-13-15(3)20-17-10-11-18(19(12-17)22-4)16-8-6-5-7-9-16/h5-12,14-15,20H,13H2,1-4H3. The SMILES string of the molecule is CSc1cc(NC(C)COC(C)C)ccc1-c1ccccc1. The Labute approximate surface area is 138 Å². The van der Waals surface area contributed by atoms with Gasteiger partial charge in [0.25, 0.3) is 0 Å². The van der Waals surface area contributed by atoms with E-state index >= 15 is 0 Å². The van der Waals surface area contributed by atoms with Crippen molar-refractivity contribution in [2.45, 2.75) is 37.8 Å². The Morgan fingerprint density at radius 3 is 2.41 bits per heavy atom. The van der Waals surface area contributed by atoms with Crippen LogP contribution in [0.25, 0.3) is 11.1 Å². The molecule has 22 heavy (non-hydrogen) atoms. The van der Waals surface area contributed by atoms with E-state index in [0.29, 0.717) is 12.6 Å². The molecular formula is C19H25NOS. The Kier molecular flexibility index (Phi) is 6.34. The number of thioether (sulfide) groups is 1. The fourth-order valence-electron chi connectivity index (χ4n) is 2.30. The Hall–Kier alpha value is -1.45. The Balaban J connectivity index is 2.12. The van der Waals surface area contributed by atoms with Crippen molar-refractivity contribution < 1.29 is 4.74 Å². The number of hydrogen-bond acceptors (Lipinski definition) is 3. The van der Waals surface area contributed by atoms with Crippen LogP contribution in [0, 0.1) is 0 Å². The first-order valence-electron chi connectivity index (χ1n) is 7.71. The van der Waals surface area contributed by atoms with Gasteiger partial charge >= 0.3 is 0 Å². The zero-order chi connectivity index (χ0) is 15.9. The lowest BCUT2D eigenvalue weighted by Crippen LogP contribution is -2.23. The molecule has 0 saturated carbocycles.